The van der Waals surface area contributed by atoms with Gasteiger partial charge < -0.3 is 15.0 Å². The van der Waals surface area contributed by atoms with Crippen LogP contribution in [0.5, 0.6) is 5.75 Å². The Morgan fingerprint density at radius 2 is 1.88 bits per heavy atom. The Morgan fingerprint density at radius 1 is 1.08 bits per heavy atom. The Bertz CT molecular complexity index is 917. The number of aromatic amines is 1. The first kappa shape index (κ1) is 16.2. The SMILES string of the molecule is COc1ccc(C(C)(C)C)cc1C1NCCc2c1[nH]c1ccccc21. The molecule has 4 rings (SSSR count). The summed E-state index contributed by atoms with van der Waals surface area (Å²) in [7, 11) is 1.75. The summed E-state index contributed by atoms with van der Waals surface area (Å²) < 4.78 is 5.70. The third-order valence-corrected chi connectivity index (χ3v) is 5.27. The van der Waals surface area contributed by atoms with Crippen LogP contribution in [0.3, 0.4) is 0 Å². The highest BCUT2D eigenvalue weighted by molar-refractivity contribution is 5.85. The van der Waals surface area contributed by atoms with Crippen LogP contribution in [0.25, 0.3) is 10.9 Å². The number of benzene rings is 2. The topological polar surface area (TPSA) is 37.0 Å². The van der Waals surface area contributed by atoms with Gasteiger partial charge in [0.2, 0.25) is 0 Å². The van der Waals surface area contributed by atoms with Crippen molar-refractivity contribution in [2.45, 2.75) is 38.6 Å². The summed E-state index contributed by atoms with van der Waals surface area (Å²) in [6.45, 7) is 7.73. The molecule has 0 spiro atoms. The number of hydrogen-bond acceptors (Lipinski definition) is 2. The smallest absolute Gasteiger partial charge is 0.124 e. The van der Waals surface area contributed by atoms with E-state index in [4.69, 9.17) is 4.74 Å². The molecule has 1 aliphatic rings. The molecule has 0 bridgehead atoms. The summed E-state index contributed by atoms with van der Waals surface area (Å²) in [6, 6.07) is 15.3. The lowest BCUT2D eigenvalue weighted by atomic mass is 9.84. The predicted octanol–water partition coefficient (Wildman–Crippen LogP) is 4.71. The van der Waals surface area contributed by atoms with Gasteiger partial charge in [-0.2, -0.15) is 0 Å². The molecule has 2 heterocycles. The van der Waals surface area contributed by atoms with Gasteiger partial charge in [-0.3, -0.25) is 0 Å². The summed E-state index contributed by atoms with van der Waals surface area (Å²) in [5, 5.41) is 5.04. The van der Waals surface area contributed by atoms with Crippen LogP contribution in [0, 0.1) is 0 Å². The molecule has 0 saturated carbocycles. The molecule has 3 heteroatoms. The lowest BCUT2D eigenvalue weighted by molar-refractivity contribution is 0.401. The molecular weight excluding hydrogens is 308 g/mol. The quantitative estimate of drug-likeness (QED) is 0.712. The van der Waals surface area contributed by atoms with E-state index in [0.29, 0.717) is 0 Å². The monoisotopic (exact) mass is 334 g/mol. The first-order chi connectivity index (χ1) is 12.0. The van der Waals surface area contributed by atoms with E-state index < -0.39 is 0 Å². The van der Waals surface area contributed by atoms with E-state index in [2.05, 4.69) is 73.5 Å². The number of nitrogens with one attached hydrogen (secondary N) is 2. The van der Waals surface area contributed by atoms with Gasteiger partial charge in [0.25, 0.3) is 0 Å². The van der Waals surface area contributed by atoms with Gasteiger partial charge >= 0.3 is 0 Å². The van der Waals surface area contributed by atoms with Crippen molar-refractivity contribution in [2.24, 2.45) is 0 Å². The molecule has 3 nitrogen and oxygen atoms in total. The van der Waals surface area contributed by atoms with E-state index in [9.17, 15) is 0 Å². The lowest BCUT2D eigenvalue weighted by Crippen LogP contribution is -2.31. The van der Waals surface area contributed by atoms with Gasteiger partial charge in [-0.25, -0.2) is 0 Å². The zero-order valence-corrected chi connectivity index (χ0v) is 15.4. The van der Waals surface area contributed by atoms with Gasteiger partial charge in [0.05, 0.1) is 13.2 Å². The van der Waals surface area contributed by atoms with Crippen LogP contribution in [0.1, 0.15) is 49.2 Å². The molecule has 0 aliphatic carbocycles. The zero-order valence-electron chi connectivity index (χ0n) is 15.4. The van der Waals surface area contributed by atoms with Crippen LogP contribution in [0.15, 0.2) is 42.5 Å². The molecule has 130 valence electrons. The fraction of sp³-hybridized carbons (Fsp3) is 0.364. The van der Waals surface area contributed by atoms with Crippen molar-refractivity contribution in [1.29, 1.82) is 0 Å². The number of hydrogen-bond donors (Lipinski definition) is 2. The van der Waals surface area contributed by atoms with Gasteiger partial charge in [-0.05, 0) is 41.2 Å². The van der Waals surface area contributed by atoms with Gasteiger partial charge in [-0.1, -0.05) is 45.0 Å². The van der Waals surface area contributed by atoms with Gasteiger partial charge in [0.1, 0.15) is 5.75 Å². The number of fused-ring (bicyclic) bond motifs is 3. The standard InChI is InChI=1S/C22H26N2O/c1-22(2,3)14-9-10-19(25-4)17(13-14)20-21-16(11-12-23-20)15-7-5-6-8-18(15)24-21/h5-10,13,20,23-24H,11-12H2,1-4H3. The van der Waals surface area contributed by atoms with Crippen molar-refractivity contribution >= 4 is 10.9 Å². The van der Waals surface area contributed by atoms with Crippen LogP contribution >= 0.6 is 0 Å². The summed E-state index contributed by atoms with van der Waals surface area (Å²) in [4.78, 5) is 3.66. The maximum absolute atomic E-state index is 5.70. The Labute approximate surface area is 149 Å². The molecule has 1 aromatic heterocycles. The Morgan fingerprint density at radius 3 is 2.64 bits per heavy atom. The van der Waals surface area contributed by atoms with E-state index in [1.165, 1.54) is 33.3 Å². The van der Waals surface area contributed by atoms with E-state index in [1.807, 2.05) is 0 Å². The minimum absolute atomic E-state index is 0.110. The van der Waals surface area contributed by atoms with Crippen molar-refractivity contribution in [3.63, 3.8) is 0 Å². The largest absolute Gasteiger partial charge is 0.496 e. The fourth-order valence-corrected chi connectivity index (χ4v) is 3.87. The van der Waals surface area contributed by atoms with Crippen molar-refractivity contribution < 1.29 is 4.74 Å². The molecule has 1 atom stereocenters. The summed E-state index contributed by atoms with van der Waals surface area (Å²) >= 11 is 0. The van der Waals surface area contributed by atoms with Crippen molar-refractivity contribution in [3.05, 3.63) is 64.8 Å². The number of H-pyrrole nitrogens is 1. The second-order valence-electron chi connectivity index (χ2n) is 7.91. The summed E-state index contributed by atoms with van der Waals surface area (Å²) in [6.07, 6.45) is 1.05. The molecule has 2 aromatic carbocycles. The molecule has 0 saturated heterocycles. The van der Waals surface area contributed by atoms with Crippen LogP contribution in [-0.4, -0.2) is 18.6 Å². The third-order valence-electron chi connectivity index (χ3n) is 5.27. The van der Waals surface area contributed by atoms with Gasteiger partial charge in [-0.15, -0.1) is 0 Å². The summed E-state index contributed by atoms with van der Waals surface area (Å²) in [5.74, 6) is 0.942. The summed E-state index contributed by atoms with van der Waals surface area (Å²) in [5.41, 5.74) is 6.57. The third kappa shape index (κ3) is 2.73. The minimum atomic E-state index is 0.110. The number of aromatic nitrogens is 1. The molecule has 0 fully saturated rings. The normalized spacial score (nSPS) is 17.5. The second-order valence-corrected chi connectivity index (χ2v) is 7.91. The highest BCUT2D eigenvalue weighted by Gasteiger charge is 2.28. The Balaban J connectivity index is 1.89. The van der Waals surface area contributed by atoms with Crippen LogP contribution in [0.4, 0.5) is 0 Å². The van der Waals surface area contributed by atoms with E-state index in [-0.39, 0.29) is 11.5 Å². The Hall–Kier alpha value is -2.26. The van der Waals surface area contributed by atoms with E-state index in [0.717, 1.165) is 18.7 Å². The molecule has 1 unspecified atom stereocenters. The number of methoxy groups -OCH3 is 1. The fourth-order valence-electron chi connectivity index (χ4n) is 3.87. The molecule has 0 radical (unpaired) electrons. The number of para-hydroxylation sites is 1. The molecule has 3 aromatic rings. The van der Waals surface area contributed by atoms with Gasteiger partial charge in [0, 0.05) is 28.7 Å². The molecule has 25 heavy (non-hydrogen) atoms. The molecule has 2 N–H and O–H groups in total. The van der Waals surface area contributed by atoms with Crippen molar-refractivity contribution in [3.8, 4) is 5.75 Å². The lowest BCUT2D eigenvalue weighted by Gasteiger charge is -2.28. The average molecular weight is 334 g/mol. The molecule has 1 aliphatic heterocycles. The number of rotatable bonds is 2. The number of ether oxygens (including phenoxy) is 1. The van der Waals surface area contributed by atoms with Crippen molar-refractivity contribution in [2.75, 3.05) is 13.7 Å². The first-order valence-electron chi connectivity index (χ1n) is 9.00. The molecular formula is C22H26N2O. The average Bonchev–Trinajstić information content (AvgIpc) is 2.99. The van der Waals surface area contributed by atoms with Gasteiger partial charge in [0.15, 0.2) is 0 Å². The van der Waals surface area contributed by atoms with Crippen LogP contribution in [-0.2, 0) is 11.8 Å². The van der Waals surface area contributed by atoms with E-state index >= 15 is 0 Å². The Kier molecular flexibility index (Phi) is 3.84. The van der Waals surface area contributed by atoms with Crippen LogP contribution in [0.2, 0.25) is 0 Å². The zero-order chi connectivity index (χ0) is 17.6. The molecule has 0 amide bonds. The predicted molar refractivity (Wildman–Crippen MR) is 104 cm³/mol. The minimum Gasteiger partial charge on any atom is -0.496 e. The van der Waals surface area contributed by atoms with Crippen LogP contribution < -0.4 is 10.1 Å². The first-order valence-corrected chi connectivity index (χ1v) is 9.00. The second kappa shape index (κ2) is 5.92. The maximum atomic E-state index is 5.70. The highest BCUT2D eigenvalue weighted by atomic mass is 16.5. The maximum Gasteiger partial charge on any atom is 0.124 e. The highest BCUT2D eigenvalue weighted by Crippen LogP contribution is 2.38. The van der Waals surface area contributed by atoms with E-state index in [1.54, 1.807) is 7.11 Å². The van der Waals surface area contributed by atoms with Crippen molar-refractivity contribution in [1.82, 2.24) is 10.3 Å².